The van der Waals surface area contributed by atoms with Gasteiger partial charge in [-0.15, -0.1) is 0 Å². The standard InChI is InChI=1S/C17H18N6O2/c18-6-8-20-16(24)10-1-3-11(4-2-10)23-14-12-5-7-19-15(12)21-9-13(14)22-17(23)25/h5,7,9-11H,1-4,8H2,(H,19,21)(H,20,24)(H,22,25)/t10-,11-. The average Bonchev–Trinajstić information content (AvgIpc) is 3.22. The molecule has 128 valence electrons. The van der Waals surface area contributed by atoms with Crippen LogP contribution in [0.25, 0.3) is 22.1 Å². The lowest BCUT2D eigenvalue weighted by molar-refractivity contribution is -0.125. The van der Waals surface area contributed by atoms with Crippen LogP contribution in [-0.4, -0.2) is 32.0 Å². The maximum Gasteiger partial charge on any atom is 0.326 e. The highest BCUT2D eigenvalue weighted by atomic mass is 16.2. The molecule has 0 radical (unpaired) electrons. The van der Waals surface area contributed by atoms with Crippen LogP contribution in [0.2, 0.25) is 0 Å². The molecule has 0 bridgehead atoms. The number of nitrogens with zero attached hydrogens (tertiary/aromatic N) is 3. The SMILES string of the molecule is N#CCNC(=O)[C@H]1CC[C@H](n2c(=O)[nH]c3cnc4[nH]ccc4c32)CC1. The second-order valence-electron chi connectivity index (χ2n) is 6.44. The summed E-state index contributed by atoms with van der Waals surface area (Å²) in [4.78, 5) is 34.8. The molecule has 25 heavy (non-hydrogen) atoms. The quantitative estimate of drug-likeness (QED) is 0.628. The summed E-state index contributed by atoms with van der Waals surface area (Å²) in [6.07, 6.45) is 6.42. The largest absolute Gasteiger partial charge is 0.346 e. The number of nitriles is 1. The van der Waals surface area contributed by atoms with Crippen LogP contribution in [0.4, 0.5) is 0 Å². The monoisotopic (exact) mass is 338 g/mol. The van der Waals surface area contributed by atoms with E-state index in [9.17, 15) is 9.59 Å². The van der Waals surface area contributed by atoms with Crippen molar-refractivity contribution in [3.05, 3.63) is 28.9 Å². The van der Waals surface area contributed by atoms with Gasteiger partial charge in [0.1, 0.15) is 12.2 Å². The number of amides is 1. The predicted molar refractivity (Wildman–Crippen MR) is 91.8 cm³/mol. The summed E-state index contributed by atoms with van der Waals surface area (Å²) in [6, 6.07) is 3.90. The van der Waals surface area contributed by atoms with Crippen molar-refractivity contribution in [2.75, 3.05) is 6.54 Å². The lowest BCUT2D eigenvalue weighted by Crippen LogP contribution is -2.35. The fourth-order valence-electron chi connectivity index (χ4n) is 3.84. The normalized spacial score (nSPS) is 20.6. The summed E-state index contributed by atoms with van der Waals surface area (Å²) < 4.78 is 1.82. The first-order chi connectivity index (χ1) is 12.2. The molecule has 0 spiro atoms. The third-order valence-corrected chi connectivity index (χ3v) is 5.03. The number of pyridine rings is 1. The van der Waals surface area contributed by atoms with Crippen molar-refractivity contribution in [2.24, 2.45) is 5.92 Å². The lowest BCUT2D eigenvalue weighted by Gasteiger charge is -2.28. The highest BCUT2D eigenvalue weighted by Crippen LogP contribution is 2.34. The number of aromatic nitrogens is 4. The van der Waals surface area contributed by atoms with E-state index in [1.54, 1.807) is 6.20 Å². The van der Waals surface area contributed by atoms with Crippen molar-refractivity contribution in [3.8, 4) is 6.07 Å². The van der Waals surface area contributed by atoms with Gasteiger partial charge in [0.2, 0.25) is 5.91 Å². The Bertz CT molecular complexity index is 1030. The molecule has 3 N–H and O–H groups in total. The Kier molecular flexibility index (Phi) is 3.76. The average molecular weight is 338 g/mol. The van der Waals surface area contributed by atoms with Gasteiger partial charge in [-0.25, -0.2) is 9.78 Å². The summed E-state index contributed by atoms with van der Waals surface area (Å²) in [5.74, 6) is -0.150. The second kappa shape index (κ2) is 6.09. The van der Waals surface area contributed by atoms with E-state index in [0.717, 1.165) is 34.9 Å². The maximum absolute atomic E-state index is 12.5. The van der Waals surface area contributed by atoms with Gasteiger partial charge in [0.25, 0.3) is 0 Å². The first kappa shape index (κ1) is 15.4. The van der Waals surface area contributed by atoms with Crippen molar-refractivity contribution in [2.45, 2.75) is 31.7 Å². The van der Waals surface area contributed by atoms with Crippen LogP contribution < -0.4 is 11.0 Å². The van der Waals surface area contributed by atoms with Gasteiger partial charge in [0.15, 0.2) is 0 Å². The van der Waals surface area contributed by atoms with Crippen LogP contribution in [-0.2, 0) is 4.79 Å². The number of carbonyl (C=O) groups is 1. The molecule has 3 aromatic rings. The molecular weight excluding hydrogens is 320 g/mol. The Morgan fingerprint density at radius 3 is 2.96 bits per heavy atom. The molecular formula is C17H18N6O2. The molecule has 1 aliphatic carbocycles. The summed E-state index contributed by atoms with van der Waals surface area (Å²) in [5, 5.41) is 12.1. The van der Waals surface area contributed by atoms with E-state index in [1.165, 1.54) is 0 Å². The van der Waals surface area contributed by atoms with Gasteiger partial charge in [-0.3, -0.25) is 9.36 Å². The Balaban J connectivity index is 1.62. The highest BCUT2D eigenvalue weighted by molar-refractivity contribution is 6.00. The Labute approximate surface area is 142 Å². The van der Waals surface area contributed by atoms with Crippen molar-refractivity contribution >= 4 is 28.0 Å². The Morgan fingerprint density at radius 1 is 1.40 bits per heavy atom. The number of fused-ring (bicyclic) bond motifs is 3. The van der Waals surface area contributed by atoms with E-state index in [1.807, 2.05) is 22.9 Å². The minimum Gasteiger partial charge on any atom is -0.346 e. The van der Waals surface area contributed by atoms with Gasteiger partial charge in [-0.05, 0) is 31.7 Å². The topological polar surface area (TPSA) is 119 Å². The van der Waals surface area contributed by atoms with Crippen LogP contribution >= 0.6 is 0 Å². The van der Waals surface area contributed by atoms with E-state index < -0.39 is 0 Å². The molecule has 1 aliphatic rings. The molecule has 4 rings (SSSR count). The summed E-state index contributed by atoms with van der Waals surface area (Å²) in [6.45, 7) is 0.0408. The van der Waals surface area contributed by atoms with E-state index in [-0.39, 0.29) is 30.1 Å². The molecule has 1 saturated carbocycles. The number of hydrogen-bond acceptors (Lipinski definition) is 4. The van der Waals surface area contributed by atoms with Crippen LogP contribution in [0, 0.1) is 17.2 Å². The van der Waals surface area contributed by atoms with E-state index >= 15 is 0 Å². The molecule has 8 nitrogen and oxygen atoms in total. The van der Waals surface area contributed by atoms with Crippen LogP contribution in [0.3, 0.4) is 0 Å². The molecule has 0 atom stereocenters. The summed E-state index contributed by atoms with van der Waals surface area (Å²) >= 11 is 0. The minimum absolute atomic E-state index is 0.0408. The Hall–Kier alpha value is -3.08. The highest BCUT2D eigenvalue weighted by Gasteiger charge is 2.29. The van der Waals surface area contributed by atoms with Gasteiger partial charge in [-0.1, -0.05) is 0 Å². The number of nitrogens with one attached hydrogen (secondary N) is 3. The number of rotatable bonds is 3. The van der Waals surface area contributed by atoms with E-state index in [2.05, 4.69) is 20.3 Å². The molecule has 0 unspecified atom stereocenters. The number of carbonyl (C=O) groups excluding carboxylic acids is 1. The molecule has 8 heteroatoms. The van der Waals surface area contributed by atoms with Gasteiger partial charge in [0.05, 0.1) is 23.3 Å². The second-order valence-corrected chi connectivity index (χ2v) is 6.44. The fraction of sp³-hybridized carbons (Fsp3) is 0.412. The molecule has 3 aromatic heterocycles. The van der Waals surface area contributed by atoms with Crippen LogP contribution in [0.1, 0.15) is 31.7 Å². The van der Waals surface area contributed by atoms with Gasteiger partial charge < -0.3 is 15.3 Å². The molecule has 1 fully saturated rings. The number of H-pyrrole nitrogens is 2. The van der Waals surface area contributed by atoms with Crippen molar-refractivity contribution in [3.63, 3.8) is 0 Å². The van der Waals surface area contributed by atoms with Crippen molar-refractivity contribution in [1.29, 1.82) is 5.26 Å². The van der Waals surface area contributed by atoms with Crippen molar-refractivity contribution in [1.82, 2.24) is 24.8 Å². The van der Waals surface area contributed by atoms with Gasteiger partial charge >= 0.3 is 5.69 Å². The zero-order valence-electron chi connectivity index (χ0n) is 13.6. The first-order valence-corrected chi connectivity index (χ1v) is 8.40. The molecule has 0 aromatic carbocycles. The molecule has 1 amide bonds. The summed E-state index contributed by atoms with van der Waals surface area (Å²) in [7, 11) is 0. The van der Waals surface area contributed by atoms with Gasteiger partial charge in [-0.2, -0.15) is 5.26 Å². The third kappa shape index (κ3) is 2.58. The van der Waals surface area contributed by atoms with Crippen LogP contribution in [0.15, 0.2) is 23.3 Å². The third-order valence-electron chi connectivity index (χ3n) is 5.03. The van der Waals surface area contributed by atoms with Gasteiger partial charge in [0, 0.05) is 23.5 Å². The fourth-order valence-corrected chi connectivity index (χ4v) is 3.84. The lowest BCUT2D eigenvalue weighted by atomic mass is 9.85. The van der Waals surface area contributed by atoms with E-state index in [4.69, 9.17) is 5.26 Å². The van der Waals surface area contributed by atoms with Crippen molar-refractivity contribution < 1.29 is 4.79 Å². The number of aromatic amines is 2. The zero-order chi connectivity index (χ0) is 17.4. The smallest absolute Gasteiger partial charge is 0.326 e. The molecule has 0 aliphatic heterocycles. The summed E-state index contributed by atoms with van der Waals surface area (Å²) in [5.41, 5.74) is 2.22. The molecule has 0 saturated heterocycles. The first-order valence-electron chi connectivity index (χ1n) is 8.40. The predicted octanol–water partition coefficient (Wildman–Crippen LogP) is 1.58. The number of hydrogen-bond donors (Lipinski definition) is 3. The Morgan fingerprint density at radius 2 is 2.20 bits per heavy atom. The number of imidazole rings is 1. The zero-order valence-corrected chi connectivity index (χ0v) is 13.6. The van der Waals surface area contributed by atoms with Crippen LogP contribution in [0.5, 0.6) is 0 Å². The molecule has 3 heterocycles. The maximum atomic E-state index is 12.5. The van der Waals surface area contributed by atoms with E-state index in [0.29, 0.717) is 12.8 Å². The minimum atomic E-state index is -0.136.